The molecule has 2 unspecified atom stereocenters. The van der Waals surface area contributed by atoms with Crippen LogP contribution in [0.3, 0.4) is 0 Å². The second kappa shape index (κ2) is 4.53. The third-order valence-electron chi connectivity index (χ3n) is 2.82. The summed E-state index contributed by atoms with van der Waals surface area (Å²) in [6, 6.07) is -1.68. The predicted octanol–water partition coefficient (Wildman–Crippen LogP) is -1.14. The number of likely N-dealkylation sites (tertiary alicyclic amines) is 1. The van der Waals surface area contributed by atoms with E-state index in [1.165, 1.54) is 0 Å². The number of aliphatic hydroxyl groups excluding tert-OH is 1. The van der Waals surface area contributed by atoms with Crippen molar-refractivity contribution in [3.8, 4) is 0 Å². The normalized spacial score (nSPS) is 32.6. The number of nitrogens with zero attached hydrogens (tertiary/aromatic N) is 1. The summed E-state index contributed by atoms with van der Waals surface area (Å²) in [7, 11) is 0. The van der Waals surface area contributed by atoms with Crippen LogP contribution in [0.2, 0.25) is 0 Å². The fraction of sp³-hybridized carbons (Fsp3) is 0.667. The number of aliphatic hydroxyl groups is 1. The molecule has 0 spiro atoms. The van der Waals surface area contributed by atoms with E-state index in [9.17, 15) is 19.5 Å². The van der Waals surface area contributed by atoms with Crippen LogP contribution in [0, 0.1) is 0 Å². The molecule has 0 bridgehead atoms. The van der Waals surface area contributed by atoms with Gasteiger partial charge in [-0.05, 0) is 0 Å². The third-order valence-corrected chi connectivity index (χ3v) is 3.70. The average molecular weight is 260 g/mol. The lowest BCUT2D eigenvalue weighted by atomic mass is 10.2. The number of nitrogens with one attached hydrogen (secondary N) is 1. The van der Waals surface area contributed by atoms with Crippen molar-refractivity contribution in [1.82, 2.24) is 10.2 Å². The van der Waals surface area contributed by atoms with E-state index in [4.69, 9.17) is 5.11 Å². The Labute approximate surface area is 101 Å². The van der Waals surface area contributed by atoms with Crippen LogP contribution >= 0.6 is 11.8 Å². The Kier molecular flexibility index (Phi) is 3.25. The summed E-state index contributed by atoms with van der Waals surface area (Å²) in [5, 5.41) is 20.5. The van der Waals surface area contributed by atoms with Crippen molar-refractivity contribution in [1.29, 1.82) is 0 Å². The van der Waals surface area contributed by atoms with Crippen molar-refractivity contribution in [2.45, 2.75) is 24.6 Å². The van der Waals surface area contributed by atoms with Crippen LogP contribution in [0.25, 0.3) is 0 Å². The molecule has 2 aliphatic heterocycles. The number of β-amino-alcohol motifs (C(OH)–C–C–N with tert-alkyl or cyclic N) is 1. The SMILES string of the molecule is O=C1NC(C(=O)N2CC(O)C[C@H]2C(=O)O)CS1. The van der Waals surface area contributed by atoms with Crippen LogP contribution in [-0.4, -0.2) is 62.7 Å². The Morgan fingerprint density at radius 3 is 2.71 bits per heavy atom. The zero-order valence-electron chi connectivity index (χ0n) is 8.83. The lowest BCUT2D eigenvalue weighted by Crippen LogP contribution is -2.49. The molecule has 2 aliphatic rings. The number of amides is 2. The predicted molar refractivity (Wildman–Crippen MR) is 58.5 cm³/mol. The second-order valence-corrected chi connectivity index (χ2v) is 5.02. The standard InChI is InChI=1S/C9H12N2O5S/c12-4-1-6(8(14)15)11(2-4)7(13)5-3-17-9(16)10-5/h4-6,12H,1-3H2,(H,10,16)(H,14,15)/t4?,5?,6-/m0/s1. The van der Waals surface area contributed by atoms with Crippen molar-refractivity contribution < 1.29 is 24.6 Å². The van der Waals surface area contributed by atoms with Crippen molar-refractivity contribution >= 4 is 28.9 Å². The third kappa shape index (κ3) is 2.37. The number of carboxylic acid groups (broad SMARTS) is 1. The summed E-state index contributed by atoms with van der Waals surface area (Å²) in [4.78, 5) is 35.0. The Bertz CT molecular complexity index is 374. The first-order valence-corrected chi connectivity index (χ1v) is 6.12. The first-order valence-electron chi connectivity index (χ1n) is 5.13. The van der Waals surface area contributed by atoms with Crippen LogP contribution < -0.4 is 5.32 Å². The molecule has 2 fully saturated rings. The van der Waals surface area contributed by atoms with E-state index in [0.717, 1.165) is 16.7 Å². The Morgan fingerprint density at radius 1 is 1.47 bits per heavy atom. The minimum Gasteiger partial charge on any atom is -0.480 e. The maximum atomic E-state index is 12.0. The Hall–Kier alpha value is -1.28. The van der Waals surface area contributed by atoms with E-state index in [-0.39, 0.29) is 18.2 Å². The molecule has 2 saturated heterocycles. The number of rotatable bonds is 2. The van der Waals surface area contributed by atoms with Gasteiger partial charge in [-0.3, -0.25) is 9.59 Å². The molecule has 0 aromatic heterocycles. The molecule has 7 nitrogen and oxygen atoms in total. The fourth-order valence-corrected chi connectivity index (χ4v) is 2.78. The Balaban J connectivity index is 2.07. The molecule has 8 heteroatoms. The first kappa shape index (κ1) is 12.2. The smallest absolute Gasteiger partial charge is 0.326 e. The number of carbonyl (C=O) groups excluding carboxylic acids is 2. The van der Waals surface area contributed by atoms with Gasteiger partial charge in [0, 0.05) is 18.7 Å². The number of carboxylic acids is 1. The Morgan fingerprint density at radius 2 is 2.18 bits per heavy atom. The molecule has 0 aromatic carbocycles. The molecule has 0 aliphatic carbocycles. The minimum absolute atomic E-state index is 0.00678. The topological polar surface area (TPSA) is 107 Å². The molecular weight excluding hydrogens is 248 g/mol. The quantitative estimate of drug-likeness (QED) is 0.579. The molecule has 0 aromatic rings. The summed E-state index contributed by atoms with van der Waals surface area (Å²) in [6.45, 7) is 0.00678. The molecule has 0 radical (unpaired) electrons. The van der Waals surface area contributed by atoms with Gasteiger partial charge in [-0.15, -0.1) is 0 Å². The van der Waals surface area contributed by atoms with Gasteiger partial charge < -0.3 is 20.4 Å². The van der Waals surface area contributed by atoms with E-state index in [0.29, 0.717) is 5.75 Å². The molecule has 0 saturated carbocycles. The molecule has 2 heterocycles. The minimum atomic E-state index is -1.13. The molecule has 2 rings (SSSR count). The van der Waals surface area contributed by atoms with E-state index < -0.39 is 30.1 Å². The molecule has 2 amide bonds. The summed E-state index contributed by atoms with van der Waals surface area (Å²) >= 11 is 0.995. The monoisotopic (exact) mass is 260 g/mol. The number of hydrogen-bond donors (Lipinski definition) is 3. The second-order valence-electron chi connectivity index (χ2n) is 4.03. The van der Waals surface area contributed by atoms with Crippen molar-refractivity contribution in [3.63, 3.8) is 0 Å². The van der Waals surface area contributed by atoms with Gasteiger partial charge in [0.1, 0.15) is 12.1 Å². The van der Waals surface area contributed by atoms with Crippen LogP contribution in [0.4, 0.5) is 4.79 Å². The van der Waals surface area contributed by atoms with Gasteiger partial charge in [0.05, 0.1) is 6.10 Å². The van der Waals surface area contributed by atoms with Gasteiger partial charge in [0.25, 0.3) is 5.24 Å². The number of carbonyl (C=O) groups is 3. The van der Waals surface area contributed by atoms with E-state index in [2.05, 4.69) is 5.32 Å². The maximum absolute atomic E-state index is 12.0. The van der Waals surface area contributed by atoms with Crippen LogP contribution in [0.15, 0.2) is 0 Å². The zero-order chi connectivity index (χ0) is 12.6. The van der Waals surface area contributed by atoms with Gasteiger partial charge in [0.15, 0.2) is 0 Å². The molecular formula is C9H12N2O5S. The molecule has 94 valence electrons. The summed E-state index contributed by atoms with van der Waals surface area (Å²) < 4.78 is 0. The molecule has 17 heavy (non-hydrogen) atoms. The highest BCUT2D eigenvalue weighted by Gasteiger charge is 2.42. The lowest BCUT2D eigenvalue weighted by Gasteiger charge is -2.23. The summed E-state index contributed by atoms with van der Waals surface area (Å²) in [5.41, 5.74) is 0. The van der Waals surface area contributed by atoms with Gasteiger partial charge in [-0.25, -0.2) is 4.79 Å². The summed E-state index contributed by atoms with van der Waals surface area (Å²) in [6.07, 6.45) is -0.778. The van der Waals surface area contributed by atoms with Gasteiger partial charge >= 0.3 is 5.97 Å². The van der Waals surface area contributed by atoms with E-state index >= 15 is 0 Å². The van der Waals surface area contributed by atoms with Crippen molar-refractivity contribution in [2.24, 2.45) is 0 Å². The van der Waals surface area contributed by atoms with Gasteiger partial charge in [0.2, 0.25) is 5.91 Å². The highest BCUT2D eigenvalue weighted by molar-refractivity contribution is 8.14. The largest absolute Gasteiger partial charge is 0.480 e. The maximum Gasteiger partial charge on any atom is 0.326 e. The number of hydrogen-bond acceptors (Lipinski definition) is 5. The highest BCUT2D eigenvalue weighted by atomic mass is 32.2. The highest BCUT2D eigenvalue weighted by Crippen LogP contribution is 2.22. The first-order chi connectivity index (χ1) is 7.99. The fourth-order valence-electron chi connectivity index (χ4n) is 2.01. The zero-order valence-corrected chi connectivity index (χ0v) is 9.64. The number of thioether (sulfide) groups is 1. The molecule has 3 atom stereocenters. The van der Waals surface area contributed by atoms with Crippen molar-refractivity contribution in [3.05, 3.63) is 0 Å². The van der Waals surface area contributed by atoms with Crippen LogP contribution in [0.1, 0.15) is 6.42 Å². The van der Waals surface area contributed by atoms with E-state index in [1.807, 2.05) is 0 Å². The van der Waals surface area contributed by atoms with Crippen LogP contribution in [-0.2, 0) is 9.59 Å². The number of aliphatic carboxylic acids is 1. The van der Waals surface area contributed by atoms with E-state index in [1.54, 1.807) is 0 Å². The van der Waals surface area contributed by atoms with Crippen LogP contribution in [0.5, 0.6) is 0 Å². The van der Waals surface area contributed by atoms with Crippen molar-refractivity contribution in [2.75, 3.05) is 12.3 Å². The van der Waals surface area contributed by atoms with Gasteiger partial charge in [-0.1, -0.05) is 11.8 Å². The average Bonchev–Trinajstić information content (AvgIpc) is 2.83. The lowest BCUT2D eigenvalue weighted by molar-refractivity contribution is -0.148. The summed E-state index contributed by atoms with van der Waals surface area (Å²) in [5.74, 6) is -1.27. The van der Waals surface area contributed by atoms with Gasteiger partial charge in [-0.2, -0.15) is 0 Å². The molecule has 3 N–H and O–H groups in total.